The average Bonchev–Trinajstić information content (AvgIpc) is 2.55. The Labute approximate surface area is 124 Å². The fourth-order valence-electron chi connectivity index (χ4n) is 2.03. The highest BCUT2D eigenvalue weighted by molar-refractivity contribution is 5.94. The van der Waals surface area contributed by atoms with E-state index in [9.17, 15) is 4.79 Å². The van der Waals surface area contributed by atoms with E-state index in [0.717, 1.165) is 16.9 Å². The van der Waals surface area contributed by atoms with Crippen LogP contribution in [0.1, 0.15) is 11.1 Å². The number of esters is 1. The highest BCUT2D eigenvalue weighted by Gasteiger charge is 2.10. The van der Waals surface area contributed by atoms with Crippen molar-refractivity contribution in [3.63, 3.8) is 0 Å². The minimum atomic E-state index is -0.310. The summed E-state index contributed by atoms with van der Waals surface area (Å²) >= 11 is 0. The fourth-order valence-corrected chi connectivity index (χ4v) is 2.03. The lowest BCUT2D eigenvalue weighted by Gasteiger charge is -2.07. The van der Waals surface area contributed by atoms with Gasteiger partial charge in [0, 0.05) is 12.0 Å². The summed E-state index contributed by atoms with van der Waals surface area (Å²) in [5.41, 5.74) is 2.63. The van der Waals surface area contributed by atoms with Crippen molar-refractivity contribution in [1.29, 1.82) is 0 Å². The molecule has 3 heteroatoms. The van der Waals surface area contributed by atoms with Crippen LogP contribution in [0.4, 0.5) is 0 Å². The van der Waals surface area contributed by atoms with Gasteiger partial charge in [0.25, 0.3) is 0 Å². The number of ether oxygens (including phenoxy) is 2. The van der Waals surface area contributed by atoms with Crippen molar-refractivity contribution in [3.8, 4) is 5.75 Å². The number of carbonyl (C=O) groups is 1. The second kappa shape index (κ2) is 7.29. The van der Waals surface area contributed by atoms with Gasteiger partial charge in [-0.15, -0.1) is 0 Å². The summed E-state index contributed by atoms with van der Waals surface area (Å²) in [4.78, 5) is 11.9. The second-order valence-electron chi connectivity index (χ2n) is 4.60. The maximum Gasteiger partial charge on any atom is 0.334 e. The van der Waals surface area contributed by atoms with E-state index in [1.165, 1.54) is 7.11 Å². The zero-order valence-electron chi connectivity index (χ0n) is 12.2. The van der Waals surface area contributed by atoms with Gasteiger partial charge in [0.05, 0.1) is 14.2 Å². The van der Waals surface area contributed by atoms with Gasteiger partial charge >= 0.3 is 5.97 Å². The quantitative estimate of drug-likeness (QED) is 0.622. The maximum absolute atomic E-state index is 11.9. The Morgan fingerprint density at radius 1 is 1.00 bits per heavy atom. The molecule has 0 N–H and O–H groups in total. The van der Waals surface area contributed by atoms with Crippen LogP contribution in [0, 0.1) is 0 Å². The predicted molar refractivity (Wildman–Crippen MR) is 83.1 cm³/mol. The third-order valence-electron chi connectivity index (χ3n) is 3.14. The third-order valence-corrected chi connectivity index (χ3v) is 3.14. The molecule has 0 aliphatic heterocycles. The van der Waals surface area contributed by atoms with Gasteiger partial charge in [0.15, 0.2) is 0 Å². The molecule has 0 aliphatic carbocycles. The van der Waals surface area contributed by atoms with E-state index >= 15 is 0 Å². The Hall–Kier alpha value is -2.55. The summed E-state index contributed by atoms with van der Waals surface area (Å²) in [6, 6.07) is 17.4. The summed E-state index contributed by atoms with van der Waals surface area (Å²) in [6.07, 6.45) is 2.38. The molecule has 3 nitrogen and oxygen atoms in total. The lowest BCUT2D eigenvalue weighted by molar-refractivity contribution is -0.136. The molecular formula is C18H18O3. The van der Waals surface area contributed by atoms with Crippen molar-refractivity contribution >= 4 is 12.0 Å². The molecule has 0 spiro atoms. The topological polar surface area (TPSA) is 35.5 Å². The number of hydrogen-bond donors (Lipinski definition) is 0. The molecule has 0 amide bonds. The van der Waals surface area contributed by atoms with Gasteiger partial charge in [-0.25, -0.2) is 4.79 Å². The number of carbonyl (C=O) groups excluding carboxylic acids is 1. The molecule has 0 bridgehead atoms. The monoisotopic (exact) mass is 282 g/mol. The normalized spacial score (nSPS) is 11.0. The minimum Gasteiger partial charge on any atom is -0.497 e. The van der Waals surface area contributed by atoms with E-state index in [1.54, 1.807) is 7.11 Å². The third kappa shape index (κ3) is 4.21. The summed E-state index contributed by atoms with van der Waals surface area (Å²) < 4.78 is 10.0. The Bertz CT molecular complexity index is 613. The molecule has 0 aromatic heterocycles. The maximum atomic E-state index is 11.9. The Kier molecular flexibility index (Phi) is 5.16. The second-order valence-corrected chi connectivity index (χ2v) is 4.60. The first-order chi connectivity index (χ1) is 10.2. The first-order valence-electron chi connectivity index (χ1n) is 6.70. The molecule has 2 aromatic carbocycles. The largest absolute Gasteiger partial charge is 0.497 e. The lowest BCUT2D eigenvalue weighted by atomic mass is 10.0. The minimum absolute atomic E-state index is 0.310. The van der Waals surface area contributed by atoms with E-state index < -0.39 is 0 Å². The van der Waals surface area contributed by atoms with Gasteiger partial charge in [-0.2, -0.15) is 0 Å². The van der Waals surface area contributed by atoms with E-state index in [2.05, 4.69) is 0 Å². The summed E-state index contributed by atoms with van der Waals surface area (Å²) in [7, 11) is 3.03. The average molecular weight is 282 g/mol. The Morgan fingerprint density at radius 2 is 1.67 bits per heavy atom. The predicted octanol–water partition coefficient (Wildman–Crippen LogP) is 3.49. The highest BCUT2D eigenvalue weighted by atomic mass is 16.5. The van der Waals surface area contributed by atoms with Crippen LogP contribution in [0.15, 0.2) is 60.2 Å². The standard InChI is InChI=1S/C18H18O3/c1-20-17-10-8-15(9-11-17)13-16(18(19)21-2)12-14-6-4-3-5-7-14/h3-12H,13H2,1-2H3/b16-12+. The molecule has 2 aromatic rings. The van der Waals surface area contributed by atoms with Gasteiger partial charge in [0.2, 0.25) is 0 Å². The van der Waals surface area contributed by atoms with Gasteiger partial charge in [-0.3, -0.25) is 0 Å². The van der Waals surface area contributed by atoms with Gasteiger partial charge in [-0.05, 0) is 29.3 Å². The molecule has 0 heterocycles. The van der Waals surface area contributed by atoms with Crippen molar-refractivity contribution in [2.24, 2.45) is 0 Å². The van der Waals surface area contributed by atoms with E-state index in [1.807, 2.05) is 60.7 Å². The summed E-state index contributed by atoms with van der Waals surface area (Å²) in [5, 5.41) is 0. The van der Waals surface area contributed by atoms with Crippen molar-refractivity contribution in [1.82, 2.24) is 0 Å². The first-order valence-corrected chi connectivity index (χ1v) is 6.70. The summed E-state index contributed by atoms with van der Waals surface area (Å²) in [6.45, 7) is 0. The van der Waals surface area contributed by atoms with E-state index in [4.69, 9.17) is 9.47 Å². The number of hydrogen-bond acceptors (Lipinski definition) is 3. The molecule has 0 unspecified atom stereocenters. The fraction of sp³-hybridized carbons (Fsp3) is 0.167. The molecule has 0 saturated heterocycles. The van der Waals surface area contributed by atoms with Gasteiger partial charge in [0.1, 0.15) is 5.75 Å². The molecule has 0 aliphatic rings. The van der Waals surface area contributed by atoms with Crippen LogP contribution in [-0.2, 0) is 16.0 Å². The molecule has 0 radical (unpaired) electrons. The SMILES string of the molecule is COC(=O)/C(=C/c1ccccc1)Cc1ccc(OC)cc1. The Balaban J connectivity index is 2.24. The van der Waals surface area contributed by atoms with Crippen LogP contribution in [0.5, 0.6) is 5.75 Å². The molecule has 2 rings (SSSR count). The zero-order valence-corrected chi connectivity index (χ0v) is 12.2. The van der Waals surface area contributed by atoms with E-state index in [0.29, 0.717) is 12.0 Å². The molecule has 108 valence electrons. The van der Waals surface area contributed by atoms with Crippen LogP contribution < -0.4 is 4.74 Å². The van der Waals surface area contributed by atoms with Crippen LogP contribution in [0.3, 0.4) is 0 Å². The van der Waals surface area contributed by atoms with Crippen molar-refractivity contribution < 1.29 is 14.3 Å². The molecule has 21 heavy (non-hydrogen) atoms. The molecule has 0 fully saturated rings. The van der Waals surface area contributed by atoms with E-state index in [-0.39, 0.29) is 5.97 Å². The highest BCUT2D eigenvalue weighted by Crippen LogP contribution is 2.17. The van der Waals surface area contributed by atoms with Crippen molar-refractivity contribution in [3.05, 3.63) is 71.3 Å². The smallest absolute Gasteiger partial charge is 0.334 e. The Morgan fingerprint density at radius 3 is 2.24 bits per heavy atom. The van der Waals surface area contributed by atoms with Crippen LogP contribution in [-0.4, -0.2) is 20.2 Å². The van der Waals surface area contributed by atoms with Crippen LogP contribution in [0.25, 0.3) is 6.08 Å². The van der Waals surface area contributed by atoms with Gasteiger partial charge < -0.3 is 9.47 Å². The molecule has 0 saturated carbocycles. The lowest BCUT2D eigenvalue weighted by Crippen LogP contribution is -2.07. The zero-order chi connectivity index (χ0) is 15.1. The van der Waals surface area contributed by atoms with Crippen LogP contribution in [0.2, 0.25) is 0 Å². The van der Waals surface area contributed by atoms with Crippen molar-refractivity contribution in [2.75, 3.05) is 14.2 Å². The number of benzene rings is 2. The van der Waals surface area contributed by atoms with Crippen LogP contribution >= 0.6 is 0 Å². The van der Waals surface area contributed by atoms with Crippen molar-refractivity contribution in [2.45, 2.75) is 6.42 Å². The van der Waals surface area contributed by atoms with Gasteiger partial charge in [-0.1, -0.05) is 42.5 Å². The summed E-state index contributed by atoms with van der Waals surface area (Å²) in [5.74, 6) is 0.486. The number of methoxy groups -OCH3 is 2. The molecule has 0 atom stereocenters. The number of rotatable bonds is 5. The first kappa shape index (κ1) is 14.9. The molecular weight excluding hydrogens is 264 g/mol.